The first kappa shape index (κ1) is 9.77. The third kappa shape index (κ3) is 1.32. The van der Waals surface area contributed by atoms with Crippen molar-refractivity contribution >= 4 is 0 Å². The monoisotopic (exact) mass is 182 g/mol. The molecule has 0 N–H and O–H groups in total. The van der Waals surface area contributed by atoms with Crippen LogP contribution in [0.15, 0.2) is 9.59 Å². The van der Waals surface area contributed by atoms with Crippen molar-refractivity contribution in [1.82, 2.24) is 9.13 Å². The molecule has 0 saturated carbocycles. The van der Waals surface area contributed by atoms with Crippen molar-refractivity contribution in [2.45, 2.75) is 20.3 Å². The van der Waals surface area contributed by atoms with Crippen LogP contribution in [-0.4, -0.2) is 9.13 Å². The van der Waals surface area contributed by atoms with Crippen molar-refractivity contribution in [1.29, 1.82) is 0 Å². The third-order valence-electron chi connectivity index (χ3n) is 2.37. The second kappa shape index (κ2) is 3.20. The summed E-state index contributed by atoms with van der Waals surface area (Å²) in [5.41, 5.74) is 1.02. The molecule has 0 fully saturated rings. The van der Waals surface area contributed by atoms with Crippen molar-refractivity contribution in [2.75, 3.05) is 0 Å². The highest BCUT2D eigenvalue weighted by atomic mass is 16.2. The molecule has 0 aromatic carbocycles. The number of aromatic nitrogens is 2. The lowest BCUT2D eigenvalue weighted by Gasteiger charge is -2.10. The summed E-state index contributed by atoms with van der Waals surface area (Å²) in [6, 6.07) is 0. The number of hydrogen-bond acceptors (Lipinski definition) is 2. The Morgan fingerprint density at radius 1 is 1.15 bits per heavy atom. The Labute approximate surface area is 76.4 Å². The second-order valence-electron chi connectivity index (χ2n) is 3.13. The molecule has 1 heterocycles. The Morgan fingerprint density at radius 3 is 2.15 bits per heavy atom. The van der Waals surface area contributed by atoms with E-state index in [-0.39, 0.29) is 11.2 Å². The lowest BCUT2D eigenvalue weighted by atomic mass is 10.2. The predicted octanol–water partition coefficient (Wildman–Crippen LogP) is -0.0452. The van der Waals surface area contributed by atoms with E-state index < -0.39 is 0 Å². The molecule has 0 spiro atoms. The molecule has 0 aliphatic carbocycles. The average Bonchev–Trinajstić information content (AvgIpc) is 2.13. The Kier molecular flexibility index (Phi) is 2.40. The van der Waals surface area contributed by atoms with Gasteiger partial charge in [0, 0.05) is 25.4 Å². The quantitative estimate of drug-likeness (QED) is 0.611. The highest BCUT2D eigenvalue weighted by Gasteiger charge is 2.09. The smallest absolute Gasteiger partial charge is 0.300 e. The Hall–Kier alpha value is -1.32. The van der Waals surface area contributed by atoms with E-state index in [4.69, 9.17) is 0 Å². The van der Waals surface area contributed by atoms with Gasteiger partial charge in [-0.15, -0.1) is 0 Å². The Morgan fingerprint density at radius 2 is 1.69 bits per heavy atom. The van der Waals surface area contributed by atoms with E-state index in [0.29, 0.717) is 12.0 Å². The lowest BCUT2D eigenvalue weighted by molar-refractivity contribution is 0.644. The minimum Gasteiger partial charge on any atom is -0.300 e. The van der Waals surface area contributed by atoms with E-state index in [9.17, 15) is 9.59 Å². The van der Waals surface area contributed by atoms with Gasteiger partial charge in [0.15, 0.2) is 0 Å². The van der Waals surface area contributed by atoms with Gasteiger partial charge in [0.25, 0.3) is 5.56 Å². The van der Waals surface area contributed by atoms with E-state index in [1.807, 2.05) is 6.92 Å². The van der Waals surface area contributed by atoms with E-state index in [1.165, 1.54) is 11.6 Å². The fourth-order valence-corrected chi connectivity index (χ4v) is 1.56. The molecule has 0 aliphatic heterocycles. The van der Waals surface area contributed by atoms with Crippen LogP contribution in [0.1, 0.15) is 18.2 Å². The summed E-state index contributed by atoms with van der Waals surface area (Å²) >= 11 is 0. The van der Waals surface area contributed by atoms with E-state index in [0.717, 1.165) is 10.3 Å². The van der Waals surface area contributed by atoms with Crippen molar-refractivity contribution < 1.29 is 0 Å². The van der Waals surface area contributed by atoms with Crippen molar-refractivity contribution in [3.63, 3.8) is 0 Å². The number of nitrogens with zero attached hydrogens (tertiary/aromatic N) is 2. The van der Waals surface area contributed by atoms with Gasteiger partial charge in [0.1, 0.15) is 0 Å². The maximum absolute atomic E-state index is 11.5. The van der Waals surface area contributed by atoms with Gasteiger partial charge >= 0.3 is 5.69 Å². The summed E-state index contributed by atoms with van der Waals surface area (Å²) in [6.45, 7) is 3.68. The molecule has 0 atom stereocenters. The van der Waals surface area contributed by atoms with Crippen LogP contribution in [0.2, 0.25) is 0 Å². The summed E-state index contributed by atoms with van der Waals surface area (Å²) in [5, 5.41) is 0. The molecule has 72 valence electrons. The predicted molar refractivity (Wildman–Crippen MR) is 51.0 cm³/mol. The molecule has 0 saturated heterocycles. The van der Waals surface area contributed by atoms with Crippen LogP contribution >= 0.6 is 0 Å². The molecule has 1 rings (SSSR count). The zero-order chi connectivity index (χ0) is 10.2. The topological polar surface area (TPSA) is 44.0 Å². The molecule has 13 heavy (non-hydrogen) atoms. The standard InChI is InChI=1S/C9H14N2O2/c1-5-7-6(2)8(12)11(4)9(13)10(7)3/h5H2,1-4H3. The van der Waals surface area contributed by atoms with Crippen LogP contribution in [0.3, 0.4) is 0 Å². The summed E-state index contributed by atoms with van der Waals surface area (Å²) < 4.78 is 2.66. The molecule has 0 amide bonds. The zero-order valence-corrected chi connectivity index (χ0v) is 8.42. The third-order valence-corrected chi connectivity index (χ3v) is 2.37. The number of rotatable bonds is 1. The van der Waals surface area contributed by atoms with Gasteiger partial charge in [0.05, 0.1) is 0 Å². The molecule has 0 bridgehead atoms. The van der Waals surface area contributed by atoms with Crippen LogP contribution in [0.4, 0.5) is 0 Å². The van der Waals surface area contributed by atoms with E-state index >= 15 is 0 Å². The summed E-state index contributed by atoms with van der Waals surface area (Å²) in [7, 11) is 3.19. The molecule has 4 nitrogen and oxygen atoms in total. The SMILES string of the molecule is CCc1c(C)c(=O)n(C)c(=O)n1C. The van der Waals surface area contributed by atoms with Gasteiger partial charge in [-0.3, -0.25) is 9.36 Å². The van der Waals surface area contributed by atoms with Crippen LogP contribution < -0.4 is 11.2 Å². The summed E-state index contributed by atoms with van der Waals surface area (Å²) in [6.07, 6.45) is 0.702. The fraction of sp³-hybridized carbons (Fsp3) is 0.556. The Bertz CT molecular complexity index is 403. The molecule has 0 aliphatic rings. The van der Waals surface area contributed by atoms with Crippen LogP contribution in [0, 0.1) is 6.92 Å². The lowest BCUT2D eigenvalue weighted by Crippen LogP contribution is -2.40. The normalized spacial score (nSPS) is 10.5. The number of hydrogen-bond donors (Lipinski definition) is 0. The molecular weight excluding hydrogens is 168 g/mol. The highest BCUT2D eigenvalue weighted by Crippen LogP contribution is 1.98. The first-order valence-electron chi connectivity index (χ1n) is 4.26. The largest absolute Gasteiger partial charge is 0.330 e. The van der Waals surface area contributed by atoms with Crippen molar-refractivity contribution in [3.05, 3.63) is 32.1 Å². The molecule has 1 aromatic rings. The van der Waals surface area contributed by atoms with Gasteiger partial charge in [-0.2, -0.15) is 0 Å². The summed E-state index contributed by atoms with van der Waals surface area (Å²) in [4.78, 5) is 22.9. The molecule has 1 aromatic heterocycles. The van der Waals surface area contributed by atoms with Crippen molar-refractivity contribution in [2.24, 2.45) is 14.1 Å². The van der Waals surface area contributed by atoms with Gasteiger partial charge in [-0.1, -0.05) is 6.92 Å². The van der Waals surface area contributed by atoms with Crippen LogP contribution in [0.5, 0.6) is 0 Å². The first-order chi connectivity index (χ1) is 6.00. The maximum Gasteiger partial charge on any atom is 0.330 e. The first-order valence-corrected chi connectivity index (χ1v) is 4.26. The molecular formula is C9H14N2O2. The molecule has 0 unspecified atom stereocenters. The summed E-state index contributed by atoms with van der Waals surface area (Å²) in [5.74, 6) is 0. The average molecular weight is 182 g/mol. The fourth-order valence-electron chi connectivity index (χ4n) is 1.56. The van der Waals surface area contributed by atoms with Crippen molar-refractivity contribution in [3.8, 4) is 0 Å². The van der Waals surface area contributed by atoms with E-state index in [2.05, 4.69) is 0 Å². The van der Waals surface area contributed by atoms with Gasteiger partial charge in [-0.25, -0.2) is 4.79 Å². The van der Waals surface area contributed by atoms with Crippen LogP contribution in [0.25, 0.3) is 0 Å². The van der Waals surface area contributed by atoms with Gasteiger partial charge in [0.2, 0.25) is 0 Å². The second-order valence-corrected chi connectivity index (χ2v) is 3.13. The highest BCUT2D eigenvalue weighted by molar-refractivity contribution is 5.15. The Balaban J connectivity index is 3.78. The van der Waals surface area contributed by atoms with Gasteiger partial charge in [-0.05, 0) is 13.3 Å². The van der Waals surface area contributed by atoms with E-state index in [1.54, 1.807) is 14.0 Å². The molecule has 0 radical (unpaired) electrons. The van der Waals surface area contributed by atoms with Crippen LogP contribution in [-0.2, 0) is 20.5 Å². The molecule has 4 heteroatoms. The zero-order valence-electron chi connectivity index (χ0n) is 8.42. The minimum atomic E-state index is -0.257. The van der Waals surface area contributed by atoms with Gasteiger partial charge < -0.3 is 4.57 Å². The maximum atomic E-state index is 11.5. The minimum absolute atomic E-state index is 0.194.